The van der Waals surface area contributed by atoms with E-state index in [0.29, 0.717) is 19.6 Å². The number of aromatic nitrogens is 2. The van der Waals surface area contributed by atoms with E-state index in [1.807, 2.05) is 30.3 Å². The van der Waals surface area contributed by atoms with Crippen LogP contribution in [0, 0.1) is 5.92 Å². The normalized spacial score (nSPS) is 20.0. The molecule has 28 heavy (non-hydrogen) atoms. The van der Waals surface area contributed by atoms with Crippen molar-refractivity contribution >= 4 is 16.5 Å². The number of carboxylic acid groups (broad SMARTS) is 1. The van der Waals surface area contributed by atoms with Crippen molar-refractivity contribution in [1.82, 2.24) is 19.4 Å². The van der Waals surface area contributed by atoms with Crippen LogP contribution in [0.2, 0.25) is 0 Å². The molecule has 0 saturated carbocycles. The number of nitrogens with zero attached hydrogens (tertiary/aromatic N) is 3. The number of aliphatic hydroxyl groups is 1. The summed E-state index contributed by atoms with van der Waals surface area (Å²) in [6, 6.07) is 9.94. The summed E-state index contributed by atoms with van der Waals surface area (Å²) in [6.07, 6.45) is 1.15. The highest BCUT2D eigenvalue weighted by Crippen LogP contribution is 2.26. The van der Waals surface area contributed by atoms with Crippen molar-refractivity contribution in [3.63, 3.8) is 0 Å². The molecule has 3 rings (SSSR count). The molecule has 0 amide bonds. The van der Waals surface area contributed by atoms with E-state index in [0.717, 1.165) is 16.8 Å². The zero-order valence-corrected chi connectivity index (χ0v) is 16.7. The van der Waals surface area contributed by atoms with Crippen LogP contribution in [0.15, 0.2) is 36.5 Å². The Labute approximate surface area is 164 Å². The van der Waals surface area contributed by atoms with Crippen molar-refractivity contribution in [3.05, 3.63) is 42.1 Å². The number of likely N-dealkylation sites (tertiary alicyclic amines) is 1. The van der Waals surface area contributed by atoms with Crippen LogP contribution in [-0.4, -0.2) is 83.5 Å². The summed E-state index contributed by atoms with van der Waals surface area (Å²) in [5, 5.41) is 24.3. The van der Waals surface area contributed by atoms with Gasteiger partial charge in [-0.25, -0.2) is 12.7 Å². The Morgan fingerprint density at radius 1 is 1.29 bits per heavy atom. The molecule has 1 aromatic heterocycles. The molecule has 0 radical (unpaired) electrons. The molecule has 2 heterocycles. The van der Waals surface area contributed by atoms with E-state index < -0.39 is 16.1 Å². The molecule has 2 atom stereocenters. The van der Waals surface area contributed by atoms with Crippen molar-refractivity contribution in [2.24, 2.45) is 5.92 Å². The summed E-state index contributed by atoms with van der Waals surface area (Å²) < 4.78 is 25.4. The first-order chi connectivity index (χ1) is 13.3. The van der Waals surface area contributed by atoms with Crippen molar-refractivity contribution in [2.75, 3.05) is 32.9 Å². The lowest BCUT2D eigenvalue weighted by Gasteiger charge is -2.18. The molecule has 1 saturated heterocycles. The zero-order valence-electron chi connectivity index (χ0n) is 15.9. The molecule has 0 bridgehead atoms. The Balaban J connectivity index is 0.000000878. The minimum Gasteiger partial charge on any atom is -0.483 e. The number of carbonyl (C=O) groups is 1. The molecular formula is C18H26N4O5S. The van der Waals surface area contributed by atoms with Gasteiger partial charge < -0.3 is 10.2 Å². The number of sulfonamides is 1. The van der Waals surface area contributed by atoms with E-state index in [9.17, 15) is 13.5 Å². The summed E-state index contributed by atoms with van der Waals surface area (Å²) >= 11 is 0. The molecule has 3 N–H and O–H groups in total. The minimum absolute atomic E-state index is 0.0331. The molecule has 2 aromatic rings. The molecule has 0 aliphatic carbocycles. The molecule has 154 valence electrons. The first kappa shape index (κ1) is 22.0. The number of aliphatic hydroxyl groups excluding tert-OH is 1. The van der Waals surface area contributed by atoms with E-state index in [2.05, 4.69) is 15.1 Å². The Morgan fingerprint density at radius 3 is 2.54 bits per heavy atom. The van der Waals surface area contributed by atoms with Crippen LogP contribution in [0.4, 0.5) is 0 Å². The number of H-pyrrole nitrogens is 1. The van der Waals surface area contributed by atoms with E-state index in [4.69, 9.17) is 9.90 Å². The van der Waals surface area contributed by atoms with Crippen molar-refractivity contribution in [1.29, 1.82) is 0 Å². The second-order valence-corrected chi connectivity index (χ2v) is 9.05. The average Bonchev–Trinajstić information content (AvgIpc) is 3.23. The van der Waals surface area contributed by atoms with Crippen LogP contribution in [0.3, 0.4) is 0 Å². The summed E-state index contributed by atoms with van der Waals surface area (Å²) in [5.74, 6) is -0.311. The molecule has 1 aromatic carbocycles. The molecule has 1 aliphatic rings. The maximum Gasteiger partial charge on any atom is 0.290 e. The largest absolute Gasteiger partial charge is 0.483 e. The first-order valence-electron chi connectivity index (χ1n) is 8.74. The van der Waals surface area contributed by atoms with Crippen LogP contribution < -0.4 is 0 Å². The first-order valence-corrected chi connectivity index (χ1v) is 10.4. The summed E-state index contributed by atoms with van der Waals surface area (Å²) in [7, 11) is -0.283. The van der Waals surface area contributed by atoms with Gasteiger partial charge in [0.25, 0.3) is 6.47 Å². The van der Waals surface area contributed by atoms with Crippen LogP contribution in [0.1, 0.15) is 5.56 Å². The molecule has 0 spiro atoms. The molecule has 9 nitrogen and oxygen atoms in total. The third-order valence-electron chi connectivity index (χ3n) is 4.64. The lowest BCUT2D eigenvalue weighted by Crippen LogP contribution is -2.33. The van der Waals surface area contributed by atoms with Crippen LogP contribution in [-0.2, 0) is 21.4 Å². The van der Waals surface area contributed by atoms with Gasteiger partial charge >= 0.3 is 0 Å². The quantitative estimate of drug-likeness (QED) is 0.591. The lowest BCUT2D eigenvalue weighted by atomic mass is 10.1. The molecule has 1 fully saturated rings. The van der Waals surface area contributed by atoms with Gasteiger partial charge in [0, 0.05) is 45.2 Å². The van der Waals surface area contributed by atoms with Gasteiger partial charge in [0.1, 0.15) is 0 Å². The van der Waals surface area contributed by atoms with Crippen LogP contribution in [0.5, 0.6) is 0 Å². The fraction of sp³-hybridized carbons (Fsp3) is 0.444. The van der Waals surface area contributed by atoms with Gasteiger partial charge in [-0.1, -0.05) is 30.3 Å². The fourth-order valence-corrected chi connectivity index (χ4v) is 4.35. The Hall–Kier alpha value is -2.27. The summed E-state index contributed by atoms with van der Waals surface area (Å²) in [5.41, 5.74) is 3.05. The topological polar surface area (TPSA) is 127 Å². The van der Waals surface area contributed by atoms with Gasteiger partial charge in [0.15, 0.2) is 0 Å². The average molecular weight is 410 g/mol. The Morgan fingerprint density at radius 2 is 1.93 bits per heavy atom. The monoisotopic (exact) mass is 410 g/mol. The molecule has 1 aliphatic heterocycles. The van der Waals surface area contributed by atoms with Crippen molar-refractivity contribution < 1.29 is 23.4 Å². The van der Waals surface area contributed by atoms with E-state index in [-0.39, 0.29) is 18.1 Å². The highest BCUT2D eigenvalue weighted by Gasteiger charge is 2.35. The Bertz CT molecular complexity index is 854. The van der Waals surface area contributed by atoms with Crippen LogP contribution >= 0.6 is 0 Å². The van der Waals surface area contributed by atoms with E-state index >= 15 is 0 Å². The second kappa shape index (κ2) is 9.78. The van der Waals surface area contributed by atoms with Gasteiger partial charge in [-0.3, -0.25) is 14.8 Å². The number of hydrogen-bond donors (Lipinski definition) is 3. The van der Waals surface area contributed by atoms with Gasteiger partial charge in [-0.15, -0.1) is 0 Å². The maximum absolute atomic E-state index is 12.1. The predicted octanol–water partition coefficient (Wildman–Crippen LogP) is 0.462. The predicted molar refractivity (Wildman–Crippen MR) is 105 cm³/mol. The third kappa shape index (κ3) is 5.61. The number of rotatable bonds is 6. The van der Waals surface area contributed by atoms with Gasteiger partial charge in [0.05, 0.1) is 23.7 Å². The number of hydrogen-bond acceptors (Lipinski definition) is 6. The fourth-order valence-electron chi connectivity index (χ4n) is 3.18. The number of benzene rings is 1. The smallest absolute Gasteiger partial charge is 0.290 e. The number of nitrogens with one attached hydrogen (secondary N) is 1. The highest BCUT2D eigenvalue weighted by atomic mass is 32.2. The van der Waals surface area contributed by atoms with Crippen LogP contribution in [0.25, 0.3) is 11.3 Å². The molecular weight excluding hydrogens is 384 g/mol. The standard InChI is InChI=1S/C17H24N4O3S.CH2O2/c1-20(2)25(23,24)12-15-10-21(11-16(15)22)9-14-8-18-19-17(14)13-6-4-3-5-7-13;2-1-3/h3-8,15-16,22H,9-12H2,1-2H3,(H,18,19);1H,(H,2,3)/t15-,16+;/m0./s1. The van der Waals surface area contributed by atoms with E-state index in [1.165, 1.54) is 18.4 Å². The van der Waals surface area contributed by atoms with Gasteiger partial charge in [0.2, 0.25) is 10.0 Å². The number of β-amino-alcohol motifs (C(OH)–C–C–N with tert-alkyl or cyclic N) is 1. The third-order valence-corrected chi connectivity index (χ3v) is 6.60. The summed E-state index contributed by atoms with van der Waals surface area (Å²) in [6.45, 7) is 1.39. The molecule has 0 unspecified atom stereocenters. The zero-order chi connectivity index (χ0) is 20.7. The Kier molecular flexibility index (Phi) is 7.69. The SMILES string of the molecule is CN(C)S(=O)(=O)C[C@@H]1CN(Cc2cn[nH]c2-c2ccccc2)C[C@H]1O.O=CO. The number of aromatic amines is 1. The highest BCUT2D eigenvalue weighted by molar-refractivity contribution is 7.89. The maximum atomic E-state index is 12.1. The van der Waals surface area contributed by atoms with Gasteiger partial charge in [-0.2, -0.15) is 5.10 Å². The second-order valence-electron chi connectivity index (χ2n) is 6.82. The lowest BCUT2D eigenvalue weighted by molar-refractivity contribution is -0.122. The van der Waals surface area contributed by atoms with Gasteiger partial charge in [-0.05, 0) is 5.56 Å². The minimum atomic E-state index is -3.32. The van der Waals surface area contributed by atoms with E-state index in [1.54, 1.807) is 6.20 Å². The summed E-state index contributed by atoms with van der Waals surface area (Å²) in [4.78, 5) is 10.4. The van der Waals surface area contributed by atoms with Crippen molar-refractivity contribution in [2.45, 2.75) is 12.6 Å². The molecule has 10 heteroatoms. The van der Waals surface area contributed by atoms with Crippen molar-refractivity contribution in [3.8, 4) is 11.3 Å².